The lowest BCUT2D eigenvalue weighted by atomic mass is 10.1. The highest BCUT2D eigenvalue weighted by atomic mass is 16.1. The Hall–Kier alpha value is -2.10. The summed E-state index contributed by atoms with van der Waals surface area (Å²) in [5.74, 6) is 0.356. The van der Waals surface area contributed by atoms with Crippen LogP contribution in [0, 0.1) is 13.8 Å². The van der Waals surface area contributed by atoms with E-state index in [-0.39, 0.29) is 5.56 Å². The zero-order chi connectivity index (χ0) is 12.4. The molecule has 0 aliphatic rings. The fraction of sp³-hybridized carbons (Fsp3) is 0.231. The molecule has 0 fully saturated rings. The maximum Gasteiger partial charge on any atom is 0.267 e. The molecule has 2 N–H and O–H groups in total. The quantitative estimate of drug-likeness (QED) is 0.848. The van der Waals surface area contributed by atoms with Crippen LogP contribution in [-0.2, 0) is 6.54 Å². The van der Waals surface area contributed by atoms with E-state index in [0.717, 1.165) is 11.1 Å². The van der Waals surface area contributed by atoms with Crippen LogP contribution in [0.3, 0.4) is 0 Å². The van der Waals surface area contributed by atoms with Crippen molar-refractivity contribution >= 4 is 5.82 Å². The minimum absolute atomic E-state index is 0.139. The van der Waals surface area contributed by atoms with Crippen molar-refractivity contribution in [2.24, 2.45) is 0 Å². The minimum Gasteiger partial charge on any atom is -0.382 e. The lowest BCUT2D eigenvalue weighted by molar-refractivity contribution is 0.641. The van der Waals surface area contributed by atoms with Crippen molar-refractivity contribution in [3.05, 3.63) is 57.4 Å². The summed E-state index contributed by atoms with van der Waals surface area (Å²) in [4.78, 5) is 11.6. The predicted octanol–water partition coefficient (Wildman–Crippen LogP) is 1.49. The number of nitrogens with two attached hydrogens (primary N) is 1. The van der Waals surface area contributed by atoms with Gasteiger partial charge in [0, 0.05) is 6.07 Å². The average molecular weight is 229 g/mol. The van der Waals surface area contributed by atoms with Gasteiger partial charge in [0.2, 0.25) is 0 Å². The fourth-order valence-electron chi connectivity index (χ4n) is 1.71. The van der Waals surface area contributed by atoms with Gasteiger partial charge in [-0.25, -0.2) is 4.68 Å². The van der Waals surface area contributed by atoms with Crippen LogP contribution in [0.1, 0.15) is 16.7 Å². The molecule has 0 aliphatic carbocycles. The molecule has 0 saturated heterocycles. The second-order valence-corrected chi connectivity index (χ2v) is 4.18. The number of aryl methyl sites for hydroxylation is 2. The molecule has 4 nitrogen and oxygen atoms in total. The smallest absolute Gasteiger partial charge is 0.267 e. The van der Waals surface area contributed by atoms with Gasteiger partial charge >= 0.3 is 0 Å². The summed E-state index contributed by atoms with van der Waals surface area (Å²) in [5.41, 5.74) is 8.84. The van der Waals surface area contributed by atoms with E-state index < -0.39 is 0 Å². The highest BCUT2D eigenvalue weighted by Crippen LogP contribution is 2.11. The first kappa shape index (κ1) is 11.4. The molecule has 1 aromatic carbocycles. The second kappa shape index (κ2) is 4.41. The van der Waals surface area contributed by atoms with E-state index in [2.05, 4.69) is 11.2 Å². The summed E-state index contributed by atoms with van der Waals surface area (Å²) in [5, 5.41) is 4.02. The first-order chi connectivity index (χ1) is 8.06. The van der Waals surface area contributed by atoms with E-state index in [0.29, 0.717) is 12.4 Å². The van der Waals surface area contributed by atoms with Crippen molar-refractivity contribution < 1.29 is 0 Å². The molecule has 1 aromatic heterocycles. The zero-order valence-corrected chi connectivity index (χ0v) is 9.97. The second-order valence-electron chi connectivity index (χ2n) is 4.18. The summed E-state index contributed by atoms with van der Waals surface area (Å²) in [6.07, 6.45) is 0. The third kappa shape index (κ3) is 2.53. The zero-order valence-electron chi connectivity index (χ0n) is 9.97. The van der Waals surface area contributed by atoms with E-state index in [1.165, 1.54) is 22.4 Å². The largest absolute Gasteiger partial charge is 0.382 e. The van der Waals surface area contributed by atoms with Crippen molar-refractivity contribution in [1.82, 2.24) is 9.78 Å². The highest BCUT2D eigenvalue weighted by molar-refractivity contribution is 5.31. The fourth-order valence-corrected chi connectivity index (χ4v) is 1.71. The number of hydrogen-bond acceptors (Lipinski definition) is 3. The number of nitrogen functional groups attached to an aromatic ring is 1. The summed E-state index contributed by atoms with van der Waals surface area (Å²) >= 11 is 0. The van der Waals surface area contributed by atoms with Crippen molar-refractivity contribution in [2.45, 2.75) is 20.4 Å². The van der Waals surface area contributed by atoms with Crippen molar-refractivity contribution in [2.75, 3.05) is 5.73 Å². The molecule has 4 heteroatoms. The van der Waals surface area contributed by atoms with Crippen LogP contribution >= 0.6 is 0 Å². The SMILES string of the molecule is Cc1ccc(C)c(Cn2nc(N)ccc2=O)c1. The Morgan fingerprint density at radius 2 is 2.00 bits per heavy atom. The molecule has 2 rings (SSSR count). The first-order valence-corrected chi connectivity index (χ1v) is 5.46. The van der Waals surface area contributed by atoms with Crippen LogP contribution in [0.4, 0.5) is 5.82 Å². The first-order valence-electron chi connectivity index (χ1n) is 5.46. The number of aromatic nitrogens is 2. The van der Waals surface area contributed by atoms with Gasteiger partial charge in [-0.1, -0.05) is 23.8 Å². The van der Waals surface area contributed by atoms with Gasteiger partial charge in [-0.05, 0) is 31.0 Å². The van der Waals surface area contributed by atoms with E-state index in [1.807, 2.05) is 26.0 Å². The lowest BCUT2D eigenvalue weighted by Crippen LogP contribution is -2.23. The van der Waals surface area contributed by atoms with Crippen LogP contribution in [0.15, 0.2) is 35.1 Å². The summed E-state index contributed by atoms with van der Waals surface area (Å²) < 4.78 is 1.39. The van der Waals surface area contributed by atoms with Crippen molar-refractivity contribution in [3.63, 3.8) is 0 Å². The molecule has 88 valence electrons. The molecule has 0 atom stereocenters. The van der Waals surface area contributed by atoms with Gasteiger partial charge in [0.1, 0.15) is 5.82 Å². The average Bonchev–Trinajstić information content (AvgIpc) is 2.28. The Balaban J connectivity index is 2.41. The molecule has 0 radical (unpaired) electrons. The van der Waals surface area contributed by atoms with E-state index in [4.69, 9.17) is 5.73 Å². The molecule has 1 heterocycles. The van der Waals surface area contributed by atoms with Crippen LogP contribution in [0.5, 0.6) is 0 Å². The molecule has 0 saturated carbocycles. The summed E-state index contributed by atoms with van der Waals surface area (Å²) in [7, 11) is 0. The van der Waals surface area contributed by atoms with Gasteiger partial charge in [-0.3, -0.25) is 4.79 Å². The Morgan fingerprint density at radius 1 is 1.24 bits per heavy atom. The number of anilines is 1. The summed E-state index contributed by atoms with van der Waals surface area (Å²) in [6, 6.07) is 9.11. The topological polar surface area (TPSA) is 60.9 Å². The molecule has 0 spiro atoms. The Morgan fingerprint density at radius 3 is 2.76 bits per heavy atom. The minimum atomic E-state index is -0.139. The normalized spacial score (nSPS) is 10.5. The molecule has 17 heavy (non-hydrogen) atoms. The maximum absolute atomic E-state index is 11.6. The Bertz CT molecular complexity index is 602. The van der Waals surface area contributed by atoms with Gasteiger partial charge in [-0.2, -0.15) is 5.10 Å². The number of rotatable bonds is 2. The molecule has 0 aliphatic heterocycles. The van der Waals surface area contributed by atoms with Gasteiger partial charge in [0.05, 0.1) is 6.54 Å². The van der Waals surface area contributed by atoms with E-state index >= 15 is 0 Å². The number of nitrogens with zero attached hydrogens (tertiary/aromatic N) is 2. The molecule has 0 amide bonds. The third-order valence-electron chi connectivity index (χ3n) is 2.71. The molecule has 2 aromatic rings. The highest BCUT2D eigenvalue weighted by Gasteiger charge is 2.03. The van der Waals surface area contributed by atoms with Crippen LogP contribution < -0.4 is 11.3 Å². The van der Waals surface area contributed by atoms with Crippen LogP contribution in [-0.4, -0.2) is 9.78 Å². The molecular weight excluding hydrogens is 214 g/mol. The standard InChI is InChI=1S/C13H15N3O/c1-9-3-4-10(2)11(7-9)8-16-13(17)6-5-12(14)15-16/h3-7H,8H2,1-2H3,(H2,14,15). The van der Waals surface area contributed by atoms with Crippen molar-refractivity contribution in [3.8, 4) is 0 Å². The molecular formula is C13H15N3O. The predicted molar refractivity (Wildman–Crippen MR) is 67.9 cm³/mol. The van der Waals surface area contributed by atoms with E-state index in [9.17, 15) is 4.79 Å². The van der Waals surface area contributed by atoms with Crippen LogP contribution in [0.2, 0.25) is 0 Å². The van der Waals surface area contributed by atoms with Crippen molar-refractivity contribution in [1.29, 1.82) is 0 Å². The molecule has 0 unspecified atom stereocenters. The van der Waals surface area contributed by atoms with E-state index in [1.54, 1.807) is 0 Å². The number of hydrogen-bond donors (Lipinski definition) is 1. The van der Waals surface area contributed by atoms with Gasteiger partial charge in [0.15, 0.2) is 0 Å². The molecule has 0 bridgehead atoms. The maximum atomic E-state index is 11.6. The van der Waals surface area contributed by atoms with Crippen LogP contribution in [0.25, 0.3) is 0 Å². The monoisotopic (exact) mass is 229 g/mol. The Labute approximate surface area is 99.7 Å². The lowest BCUT2D eigenvalue weighted by Gasteiger charge is -2.08. The number of benzene rings is 1. The summed E-state index contributed by atoms with van der Waals surface area (Å²) in [6.45, 7) is 4.50. The Kier molecular flexibility index (Phi) is 2.95. The third-order valence-corrected chi connectivity index (χ3v) is 2.71. The van der Waals surface area contributed by atoms with Gasteiger partial charge in [-0.15, -0.1) is 0 Å². The van der Waals surface area contributed by atoms with Gasteiger partial charge in [0.25, 0.3) is 5.56 Å². The van der Waals surface area contributed by atoms with Gasteiger partial charge < -0.3 is 5.73 Å².